The summed E-state index contributed by atoms with van der Waals surface area (Å²) in [6, 6.07) is 10.1. The molecule has 88 valence electrons. The summed E-state index contributed by atoms with van der Waals surface area (Å²) in [4.78, 5) is 11.4. The molecule has 4 heteroatoms. The summed E-state index contributed by atoms with van der Waals surface area (Å²) >= 11 is 0. The largest absolute Gasteiger partial charge is 0.345 e. The lowest BCUT2D eigenvalue weighted by molar-refractivity contribution is -0.122. The Hall–Kier alpha value is -1.06. The first-order chi connectivity index (χ1) is 7.27. The van der Waals surface area contributed by atoms with Crippen LogP contribution in [0.2, 0.25) is 0 Å². The number of carbonyl (C=O) groups is 1. The summed E-state index contributed by atoms with van der Waals surface area (Å²) in [7, 11) is 0. The Labute approximate surface area is 102 Å². The maximum atomic E-state index is 11.4. The first kappa shape index (κ1) is 13.0. The highest BCUT2D eigenvalue weighted by atomic mass is 35.5. The van der Waals surface area contributed by atoms with Gasteiger partial charge in [-0.15, -0.1) is 12.4 Å². The van der Waals surface area contributed by atoms with E-state index in [1.165, 1.54) is 12.0 Å². The quantitative estimate of drug-likeness (QED) is 0.843. The second-order valence-electron chi connectivity index (χ2n) is 4.05. The third-order valence-electron chi connectivity index (χ3n) is 3.10. The molecule has 1 amide bonds. The van der Waals surface area contributed by atoms with Crippen molar-refractivity contribution in [2.24, 2.45) is 5.73 Å². The standard InChI is InChI=1S/C12H16N2O.ClH/c13-9-11(15)14-12(7-4-8-12)10-5-2-1-3-6-10;/h1-3,5-6H,4,7-9,13H2,(H,14,15);1H. The van der Waals surface area contributed by atoms with Crippen LogP contribution in [0.25, 0.3) is 0 Å². The van der Waals surface area contributed by atoms with Crippen LogP contribution in [0.3, 0.4) is 0 Å². The van der Waals surface area contributed by atoms with E-state index in [1.54, 1.807) is 0 Å². The molecule has 16 heavy (non-hydrogen) atoms. The third-order valence-corrected chi connectivity index (χ3v) is 3.10. The van der Waals surface area contributed by atoms with Gasteiger partial charge in [-0.2, -0.15) is 0 Å². The molecule has 0 spiro atoms. The molecule has 3 N–H and O–H groups in total. The minimum Gasteiger partial charge on any atom is -0.345 e. The van der Waals surface area contributed by atoms with Gasteiger partial charge in [-0.3, -0.25) is 4.79 Å². The number of benzene rings is 1. The van der Waals surface area contributed by atoms with Crippen molar-refractivity contribution < 1.29 is 4.79 Å². The normalized spacial score (nSPS) is 16.8. The van der Waals surface area contributed by atoms with Crippen LogP contribution in [0, 0.1) is 0 Å². The average Bonchev–Trinajstić information content (AvgIpc) is 2.24. The topological polar surface area (TPSA) is 55.1 Å². The van der Waals surface area contributed by atoms with E-state index in [1.807, 2.05) is 18.2 Å². The van der Waals surface area contributed by atoms with Gasteiger partial charge in [0.2, 0.25) is 5.91 Å². The molecule has 0 aromatic heterocycles. The first-order valence-electron chi connectivity index (χ1n) is 5.33. The maximum Gasteiger partial charge on any atom is 0.234 e. The van der Waals surface area contributed by atoms with Crippen molar-refractivity contribution in [2.45, 2.75) is 24.8 Å². The summed E-state index contributed by atoms with van der Waals surface area (Å²) < 4.78 is 0. The van der Waals surface area contributed by atoms with Gasteiger partial charge in [0.25, 0.3) is 0 Å². The number of amides is 1. The smallest absolute Gasteiger partial charge is 0.234 e. The molecule has 0 radical (unpaired) electrons. The van der Waals surface area contributed by atoms with E-state index in [2.05, 4.69) is 17.4 Å². The molecule has 0 atom stereocenters. The number of hydrogen-bond acceptors (Lipinski definition) is 2. The van der Waals surface area contributed by atoms with Gasteiger partial charge in [-0.1, -0.05) is 30.3 Å². The lowest BCUT2D eigenvalue weighted by Gasteiger charge is -2.43. The first-order valence-corrected chi connectivity index (χ1v) is 5.33. The van der Waals surface area contributed by atoms with Crippen LogP contribution >= 0.6 is 12.4 Å². The lowest BCUT2D eigenvalue weighted by Crippen LogP contribution is -2.52. The summed E-state index contributed by atoms with van der Waals surface area (Å²) in [5.74, 6) is -0.0708. The predicted octanol–water partition coefficient (Wildman–Crippen LogP) is 1.56. The van der Waals surface area contributed by atoms with Crippen molar-refractivity contribution in [1.82, 2.24) is 5.32 Å². The third kappa shape index (κ3) is 2.36. The zero-order valence-corrected chi connectivity index (χ0v) is 9.93. The molecule has 1 fully saturated rings. The van der Waals surface area contributed by atoms with E-state index in [-0.39, 0.29) is 30.4 Å². The summed E-state index contributed by atoms with van der Waals surface area (Å²) in [6.45, 7) is 0.0641. The Kier molecular flexibility index (Phi) is 4.33. The molecule has 2 rings (SSSR count). The van der Waals surface area contributed by atoms with Crippen LogP contribution < -0.4 is 11.1 Å². The summed E-state index contributed by atoms with van der Waals surface area (Å²) in [5, 5.41) is 3.03. The van der Waals surface area contributed by atoms with Crippen LogP contribution in [0.1, 0.15) is 24.8 Å². The minimum absolute atomic E-state index is 0. The maximum absolute atomic E-state index is 11.4. The van der Waals surface area contributed by atoms with Crippen LogP contribution in [0.15, 0.2) is 30.3 Å². The molecule has 1 saturated carbocycles. The average molecular weight is 241 g/mol. The van der Waals surface area contributed by atoms with E-state index in [0.29, 0.717) is 0 Å². The van der Waals surface area contributed by atoms with Crippen molar-refractivity contribution >= 4 is 18.3 Å². The van der Waals surface area contributed by atoms with Crippen molar-refractivity contribution in [3.8, 4) is 0 Å². The molecule has 3 nitrogen and oxygen atoms in total. The molecule has 1 aromatic carbocycles. The van der Waals surface area contributed by atoms with Gasteiger partial charge in [-0.25, -0.2) is 0 Å². The Morgan fingerprint density at radius 2 is 1.94 bits per heavy atom. The van der Waals surface area contributed by atoms with Crippen molar-refractivity contribution in [3.05, 3.63) is 35.9 Å². The van der Waals surface area contributed by atoms with Gasteiger partial charge < -0.3 is 11.1 Å². The second kappa shape index (κ2) is 5.32. The van der Waals surface area contributed by atoms with Crippen LogP contribution in [-0.4, -0.2) is 12.5 Å². The number of carbonyl (C=O) groups excluding carboxylic acids is 1. The van der Waals surface area contributed by atoms with Gasteiger partial charge in [0.05, 0.1) is 12.1 Å². The van der Waals surface area contributed by atoms with Crippen molar-refractivity contribution in [3.63, 3.8) is 0 Å². The van der Waals surface area contributed by atoms with E-state index < -0.39 is 0 Å². The number of halogens is 1. The Morgan fingerprint density at radius 1 is 1.31 bits per heavy atom. The Balaban J connectivity index is 0.00000128. The van der Waals surface area contributed by atoms with Gasteiger partial charge in [0.15, 0.2) is 0 Å². The highest BCUT2D eigenvalue weighted by Gasteiger charge is 2.39. The fourth-order valence-corrected chi connectivity index (χ4v) is 2.09. The Morgan fingerprint density at radius 3 is 2.38 bits per heavy atom. The van der Waals surface area contributed by atoms with Gasteiger partial charge in [-0.05, 0) is 24.8 Å². The highest BCUT2D eigenvalue weighted by molar-refractivity contribution is 5.85. The molecule has 1 aliphatic rings. The predicted molar refractivity (Wildman–Crippen MR) is 66.4 cm³/mol. The number of hydrogen-bond donors (Lipinski definition) is 2. The fraction of sp³-hybridized carbons (Fsp3) is 0.417. The minimum atomic E-state index is -0.141. The highest BCUT2D eigenvalue weighted by Crippen LogP contribution is 2.40. The molecule has 1 aliphatic carbocycles. The van der Waals surface area contributed by atoms with Crippen molar-refractivity contribution in [2.75, 3.05) is 6.54 Å². The van der Waals surface area contributed by atoms with Gasteiger partial charge >= 0.3 is 0 Å². The second-order valence-corrected chi connectivity index (χ2v) is 4.05. The SMILES string of the molecule is Cl.NCC(=O)NC1(c2ccccc2)CCC1. The van der Waals surface area contributed by atoms with E-state index in [0.717, 1.165) is 12.8 Å². The molecule has 0 saturated heterocycles. The molecule has 0 bridgehead atoms. The number of nitrogens with one attached hydrogen (secondary N) is 1. The monoisotopic (exact) mass is 240 g/mol. The Bertz CT molecular complexity index is 349. The lowest BCUT2D eigenvalue weighted by atomic mass is 9.72. The zero-order valence-electron chi connectivity index (χ0n) is 9.11. The fourth-order valence-electron chi connectivity index (χ4n) is 2.09. The van der Waals surface area contributed by atoms with Crippen LogP contribution in [0.5, 0.6) is 0 Å². The van der Waals surface area contributed by atoms with E-state index in [9.17, 15) is 4.79 Å². The summed E-state index contributed by atoms with van der Waals surface area (Å²) in [6.07, 6.45) is 3.20. The molecule has 1 aromatic rings. The number of nitrogens with two attached hydrogens (primary N) is 1. The zero-order chi connectivity index (χ0) is 10.7. The molecular weight excluding hydrogens is 224 g/mol. The molecule has 0 unspecified atom stereocenters. The van der Waals surface area contributed by atoms with Crippen LogP contribution in [0.4, 0.5) is 0 Å². The summed E-state index contributed by atoms with van der Waals surface area (Å²) in [5.41, 5.74) is 6.38. The molecular formula is C12H17ClN2O. The molecule has 0 aliphatic heterocycles. The molecule has 0 heterocycles. The van der Waals surface area contributed by atoms with Crippen molar-refractivity contribution in [1.29, 1.82) is 0 Å². The van der Waals surface area contributed by atoms with Gasteiger partial charge in [0.1, 0.15) is 0 Å². The van der Waals surface area contributed by atoms with E-state index >= 15 is 0 Å². The van der Waals surface area contributed by atoms with Gasteiger partial charge in [0, 0.05) is 0 Å². The van der Waals surface area contributed by atoms with E-state index in [4.69, 9.17) is 5.73 Å². The number of rotatable bonds is 3. The van der Waals surface area contributed by atoms with Crippen LogP contribution in [-0.2, 0) is 10.3 Å².